The average molecular weight is 269 g/mol. The summed E-state index contributed by atoms with van der Waals surface area (Å²) in [6.45, 7) is 4.57. The van der Waals surface area contributed by atoms with Crippen molar-refractivity contribution in [2.45, 2.75) is 20.4 Å². The third-order valence-corrected chi connectivity index (χ3v) is 3.46. The Morgan fingerprint density at radius 1 is 1.20 bits per heavy atom. The topological polar surface area (TPSA) is 81.1 Å². The smallest absolute Gasteiger partial charge is 0.248 e. The van der Waals surface area contributed by atoms with Crippen LogP contribution in [0.2, 0.25) is 0 Å². The Kier molecular flexibility index (Phi) is 3.94. The number of nitrogen functional groups attached to an aromatic ring is 1. The fourth-order valence-electron chi connectivity index (χ4n) is 2.14. The van der Waals surface area contributed by atoms with Crippen LogP contribution in [0.5, 0.6) is 0 Å². The summed E-state index contributed by atoms with van der Waals surface area (Å²) in [5, 5.41) is 3.33. The van der Waals surface area contributed by atoms with Gasteiger partial charge >= 0.3 is 0 Å². The molecule has 0 saturated carbocycles. The van der Waals surface area contributed by atoms with Crippen molar-refractivity contribution >= 4 is 17.3 Å². The zero-order valence-electron chi connectivity index (χ0n) is 11.7. The van der Waals surface area contributed by atoms with Gasteiger partial charge < -0.3 is 16.8 Å². The molecular weight excluding hydrogens is 250 g/mol. The summed E-state index contributed by atoms with van der Waals surface area (Å²) in [7, 11) is 0. The summed E-state index contributed by atoms with van der Waals surface area (Å²) in [5.74, 6) is -0.402. The predicted molar refractivity (Wildman–Crippen MR) is 82.6 cm³/mol. The average Bonchev–Trinajstić information content (AvgIpc) is 2.40. The van der Waals surface area contributed by atoms with Crippen LogP contribution in [-0.4, -0.2) is 5.91 Å². The Bertz CT molecular complexity index is 650. The van der Waals surface area contributed by atoms with Crippen LogP contribution in [-0.2, 0) is 6.54 Å². The number of benzene rings is 2. The van der Waals surface area contributed by atoms with E-state index in [1.165, 1.54) is 0 Å². The van der Waals surface area contributed by atoms with Crippen molar-refractivity contribution in [1.29, 1.82) is 0 Å². The maximum atomic E-state index is 11.2. The van der Waals surface area contributed by atoms with Gasteiger partial charge in [-0.3, -0.25) is 4.79 Å². The molecular formula is C16H19N3O. The third-order valence-electron chi connectivity index (χ3n) is 3.46. The second-order valence-corrected chi connectivity index (χ2v) is 4.88. The Labute approximate surface area is 118 Å². The van der Waals surface area contributed by atoms with Crippen molar-refractivity contribution in [3.05, 3.63) is 58.7 Å². The van der Waals surface area contributed by atoms with Gasteiger partial charge in [0, 0.05) is 23.5 Å². The molecule has 5 N–H and O–H groups in total. The molecule has 4 heteroatoms. The molecule has 0 bridgehead atoms. The predicted octanol–water partition coefficient (Wildman–Crippen LogP) is 2.60. The maximum Gasteiger partial charge on any atom is 0.248 e. The minimum absolute atomic E-state index is 0.402. The zero-order valence-corrected chi connectivity index (χ0v) is 11.7. The van der Waals surface area contributed by atoms with Crippen LogP contribution < -0.4 is 16.8 Å². The van der Waals surface area contributed by atoms with Gasteiger partial charge in [0.25, 0.3) is 0 Å². The third kappa shape index (κ3) is 2.91. The summed E-state index contributed by atoms with van der Waals surface area (Å²) in [4.78, 5) is 11.2. The summed E-state index contributed by atoms with van der Waals surface area (Å²) in [5.41, 5.74) is 16.6. The standard InChI is InChI=1S/C16H19N3O/c1-10-8-13(6-7-14(10)16(18)20)19-9-12-4-3-5-15(17)11(12)2/h3-8,19H,9,17H2,1-2H3,(H2,18,20). The Morgan fingerprint density at radius 2 is 1.95 bits per heavy atom. The number of rotatable bonds is 4. The quantitative estimate of drug-likeness (QED) is 0.746. The van der Waals surface area contributed by atoms with Gasteiger partial charge in [-0.15, -0.1) is 0 Å². The van der Waals surface area contributed by atoms with Crippen LogP contribution in [0.3, 0.4) is 0 Å². The number of carbonyl (C=O) groups is 1. The molecule has 0 atom stereocenters. The van der Waals surface area contributed by atoms with E-state index in [4.69, 9.17) is 11.5 Å². The van der Waals surface area contributed by atoms with Crippen LogP contribution in [0.1, 0.15) is 27.0 Å². The Balaban J connectivity index is 2.13. The lowest BCUT2D eigenvalue weighted by atomic mass is 10.1. The minimum Gasteiger partial charge on any atom is -0.399 e. The number of amides is 1. The van der Waals surface area contributed by atoms with Gasteiger partial charge in [-0.1, -0.05) is 12.1 Å². The molecule has 0 aromatic heterocycles. The number of primary amides is 1. The molecule has 2 aromatic carbocycles. The summed E-state index contributed by atoms with van der Waals surface area (Å²) >= 11 is 0. The fourth-order valence-corrected chi connectivity index (χ4v) is 2.14. The van der Waals surface area contributed by atoms with E-state index in [2.05, 4.69) is 5.32 Å². The normalized spacial score (nSPS) is 10.3. The van der Waals surface area contributed by atoms with E-state index in [1.807, 2.05) is 44.2 Å². The van der Waals surface area contributed by atoms with Crippen LogP contribution in [0, 0.1) is 13.8 Å². The first-order valence-electron chi connectivity index (χ1n) is 6.47. The van der Waals surface area contributed by atoms with Gasteiger partial charge in [0.2, 0.25) is 5.91 Å². The summed E-state index contributed by atoms with van der Waals surface area (Å²) in [6.07, 6.45) is 0. The van der Waals surface area contributed by atoms with Crippen LogP contribution >= 0.6 is 0 Å². The molecule has 0 aliphatic carbocycles. The number of aryl methyl sites for hydroxylation is 1. The molecule has 2 aromatic rings. The molecule has 0 saturated heterocycles. The first kappa shape index (κ1) is 13.9. The van der Waals surface area contributed by atoms with E-state index in [0.717, 1.165) is 28.1 Å². The SMILES string of the molecule is Cc1cc(NCc2cccc(N)c2C)ccc1C(N)=O. The van der Waals surface area contributed by atoms with E-state index in [9.17, 15) is 4.79 Å². The second kappa shape index (κ2) is 5.65. The van der Waals surface area contributed by atoms with E-state index >= 15 is 0 Å². The summed E-state index contributed by atoms with van der Waals surface area (Å²) < 4.78 is 0. The minimum atomic E-state index is -0.402. The molecule has 104 valence electrons. The van der Waals surface area contributed by atoms with Crippen LogP contribution in [0.15, 0.2) is 36.4 Å². The van der Waals surface area contributed by atoms with E-state index in [1.54, 1.807) is 6.07 Å². The van der Waals surface area contributed by atoms with Crippen molar-refractivity contribution in [2.24, 2.45) is 5.73 Å². The highest BCUT2D eigenvalue weighted by atomic mass is 16.1. The van der Waals surface area contributed by atoms with E-state index < -0.39 is 5.91 Å². The molecule has 0 radical (unpaired) electrons. The lowest BCUT2D eigenvalue weighted by molar-refractivity contribution is 0.1000. The molecule has 4 nitrogen and oxygen atoms in total. The largest absolute Gasteiger partial charge is 0.399 e. The molecule has 1 amide bonds. The van der Waals surface area contributed by atoms with Gasteiger partial charge in [0.1, 0.15) is 0 Å². The highest BCUT2D eigenvalue weighted by Crippen LogP contribution is 2.19. The van der Waals surface area contributed by atoms with Crippen molar-refractivity contribution in [1.82, 2.24) is 0 Å². The Hall–Kier alpha value is -2.49. The maximum absolute atomic E-state index is 11.2. The molecule has 0 spiro atoms. The number of hydrogen-bond acceptors (Lipinski definition) is 3. The Morgan fingerprint density at radius 3 is 2.60 bits per heavy atom. The summed E-state index contributed by atoms with van der Waals surface area (Å²) in [6, 6.07) is 11.4. The molecule has 0 heterocycles. The number of nitrogens with two attached hydrogens (primary N) is 2. The number of anilines is 2. The molecule has 2 rings (SSSR count). The van der Waals surface area contributed by atoms with Gasteiger partial charge in [0.15, 0.2) is 0 Å². The van der Waals surface area contributed by atoms with Crippen molar-refractivity contribution < 1.29 is 4.79 Å². The second-order valence-electron chi connectivity index (χ2n) is 4.88. The lowest BCUT2D eigenvalue weighted by Crippen LogP contribution is -2.13. The number of carbonyl (C=O) groups excluding carboxylic acids is 1. The van der Waals surface area contributed by atoms with Crippen molar-refractivity contribution in [3.8, 4) is 0 Å². The van der Waals surface area contributed by atoms with Crippen molar-refractivity contribution in [2.75, 3.05) is 11.1 Å². The number of hydrogen-bond donors (Lipinski definition) is 3. The lowest BCUT2D eigenvalue weighted by Gasteiger charge is -2.12. The molecule has 0 aliphatic heterocycles. The van der Waals surface area contributed by atoms with Crippen LogP contribution in [0.25, 0.3) is 0 Å². The molecule has 0 fully saturated rings. The van der Waals surface area contributed by atoms with Crippen molar-refractivity contribution in [3.63, 3.8) is 0 Å². The van der Waals surface area contributed by atoms with Crippen LogP contribution in [0.4, 0.5) is 11.4 Å². The fraction of sp³-hybridized carbons (Fsp3) is 0.188. The monoisotopic (exact) mass is 269 g/mol. The van der Waals surface area contributed by atoms with E-state index in [-0.39, 0.29) is 0 Å². The zero-order chi connectivity index (χ0) is 14.7. The number of nitrogens with one attached hydrogen (secondary N) is 1. The molecule has 20 heavy (non-hydrogen) atoms. The van der Waals surface area contributed by atoms with Gasteiger partial charge in [-0.25, -0.2) is 0 Å². The molecule has 0 aliphatic rings. The highest BCUT2D eigenvalue weighted by molar-refractivity contribution is 5.94. The van der Waals surface area contributed by atoms with Gasteiger partial charge in [0.05, 0.1) is 0 Å². The van der Waals surface area contributed by atoms with Gasteiger partial charge in [-0.2, -0.15) is 0 Å². The highest BCUT2D eigenvalue weighted by Gasteiger charge is 2.06. The van der Waals surface area contributed by atoms with Gasteiger partial charge in [-0.05, 0) is 54.8 Å². The van der Waals surface area contributed by atoms with E-state index in [0.29, 0.717) is 12.1 Å². The molecule has 0 unspecified atom stereocenters. The first-order valence-corrected chi connectivity index (χ1v) is 6.47. The first-order chi connectivity index (χ1) is 9.49.